The summed E-state index contributed by atoms with van der Waals surface area (Å²) in [5.41, 5.74) is 3.01. The summed E-state index contributed by atoms with van der Waals surface area (Å²) in [6, 6.07) is 7.77. The Hall–Kier alpha value is -3.48. The highest BCUT2D eigenvalue weighted by Gasteiger charge is 2.16. The van der Waals surface area contributed by atoms with Crippen molar-refractivity contribution >= 4 is 35.1 Å². The number of amides is 2. The van der Waals surface area contributed by atoms with Crippen LogP contribution in [0.5, 0.6) is 0 Å². The van der Waals surface area contributed by atoms with E-state index < -0.39 is 0 Å². The summed E-state index contributed by atoms with van der Waals surface area (Å²) in [4.78, 5) is 46.2. The summed E-state index contributed by atoms with van der Waals surface area (Å²) in [7, 11) is 0. The number of nitrogens with zero attached hydrogens (tertiary/aromatic N) is 1. The van der Waals surface area contributed by atoms with Crippen LogP contribution in [0.1, 0.15) is 43.4 Å². The second-order valence-corrected chi connectivity index (χ2v) is 7.75. The van der Waals surface area contributed by atoms with E-state index in [0.717, 1.165) is 73.0 Å². The van der Waals surface area contributed by atoms with E-state index in [9.17, 15) is 19.2 Å². The molecule has 1 aromatic heterocycles. The molecular weight excluding hydrogens is 406 g/mol. The molecule has 2 N–H and O–H groups in total. The average molecular weight is 436 g/mol. The minimum absolute atomic E-state index is 0.0426. The van der Waals surface area contributed by atoms with Gasteiger partial charge < -0.3 is 15.2 Å². The van der Waals surface area contributed by atoms with E-state index in [0.29, 0.717) is 25.8 Å². The summed E-state index contributed by atoms with van der Waals surface area (Å²) in [6.45, 7) is 1.48. The zero-order chi connectivity index (χ0) is 22.8. The Morgan fingerprint density at radius 2 is 1.88 bits per heavy atom. The van der Waals surface area contributed by atoms with E-state index in [1.54, 1.807) is 0 Å². The summed E-state index contributed by atoms with van der Waals surface area (Å²) in [6.07, 6.45) is 11.7. The van der Waals surface area contributed by atoms with Gasteiger partial charge in [-0.05, 0) is 43.9 Å². The van der Waals surface area contributed by atoms with Gasteiger partial charge in [-0.1, -0.05) is 30.7 Å². The number of aldehydes is 1. The Labute approximate surface area is 187 Å². The number of fused-ring (bicyclic) bond motifs is 2. The fraction of sp³-hybridized carbons (Fsp3) is 0.360. The number of benzene rings is 1. The zero-order valence-electron chi connectivity index (χ0n) is 18.1. The number of rotatable bonds is 11. The third-order valence-corrected chi connectivity index (χ3v) is 5.51. The van der Waals surface area contributed by atoms with Crippen molar-refractivity contribution in [2.75, 3.05) is 13.1 Å². The van der Waals surface area contributed by atoms with Gasteiger partial charge in [0.1, 0.15) is 6.29 Å². The van der Waals surface area contributed by atoms with Gasteiger partial charge in [-0.2, -0.15) is 0 Å². The van der Waals surface area contributed by atoms with Gasteiger partial charge in [0, 0.05) is 48.8 Å². The first-order valence-electron chi connectivity index (χ1n) is 11.1. The van der Waals surface area contributed by atoms with Gasteiger partial charge in [0.25, 0.3) is 0 Å². The summed E-state index contributed by atoms with van der Waals surface area (Å²) >= 11 is 0. The van der Waals surface area contributed by atoms with Crippen molar-refractivity contribution in [2.24, 2.45) is 0 Å². The first-order valence-corrected chi connectivity index (χ1v) is 11.1. The highest BCUT2D eigenvalue weighted by molar-refractivity contribution is 5.90. The molecule has 2 aromatic rings. The number of aromatic nitrogens is 1. The van der Waals surface area contributed by atoms with Crippen LogP contribution in [0.2, 0.25) is 0 Å². The standard InChI is InChI=1S/C25H29N3O4/c29-18-8-14-24(31)27-16-15-26-23(30)13-2-1-7-17-28-21-11-5-3-9-19(21)25(32)20-10-4-6-12-22(20)28/h3-5,8-11,14,18H,1-2,6-7,12-13,15-17H2,(H,26,30)(H,27,31)/b14-8-. The predicted molar refractivity (Wildman–Crippen MR) is 125 cm³/mol. The quantitative estimate of drug-likeness (QED) is 0.322. The SMILES string of the molecule is O=C/C=C\C(=O)NCCNC(=O)CCCCCn1c2c(c(=O)c3ccccc31)C=CCC2. The summed E-state index contributed by atoms with van der Waals surface area (Å²) < 4.78 is 2.28. The van der Waals surface area contributed by atoms with Crippen LogP contribution in [0.25, 0.3) is 17.0 Å². The van der Waals surface area contributed by atoms with Crippen LogP contribution in [-0.2, 0) is 27.3 Å². The van der Waals surface area contributed by atoms with Crippen LogP contribution in [0, 0.1) is 0 Å². The number of unbranched alkanes of at least 4 members (excludes halogenated alkanes) is 2. The van der Waals surface area contributed by atoms with Crippen LogP contribution in [0.3, 0.4) is 0 Å². The monoisotopic (exact) mass is 435 g/mol. The third-order valence-electron chi connectivity index (χ3n) is 5.51. The normalized spacial score (nSPS) is 12.6. The Balaban J connectivity index is 1.45. The largest absolute Gasteiger partial charge is 0.354 e. The number of hydrogen-bond donors (Lipinski definition) is 2. The van der Waals surface area contributed by atoms with Gasteiger partial charge in [-0.25, -0.2) is 0 Å². The van der Waals surface area contributed by atoms with Crippen molar-refractivity contribution in [1.82, 2.24) is 15.2 Å². The molecule has 168 valence electrons. The number of aryl methyl sites for hydroxylation is 1. The second-order valence-electron chi connectivity index (χ2n) is 7.75. The first-order chi connectivity index (χ1) is 15.6. The smallest absolute Gasteiger partial charge is 0.244 e. The summed E-state index contributed by atoms with van der Waals surface area (Å²) in [5, 5.41) is 6.12. The number of allylic oxidation sites excluding steroid dienone is 2. The van der Waals surface area contributed by atoms with E-state index in [-0.39, 0.29) is 17.2 Å². The lowest BCUT2D eigenvalue weighted by Gasteiger charge is -2.21. The molecule has 0 bridgehead atoms. The van der Waals surface area contributed by atoms with E-state index in [4.69, 9.17) is 0 Å². The highest BCUT2D eigenvalue weighted by Crippen LogP contribution is 2.23. The number of hydrogen-bond acceptors (Lipinski definition) is 4. The fourth-order valence-corrected chi connectivity index (χ4v) is 3.98. The van der Waals surface area contributed by atoms with Gasteiger partial charge >= 0.3 is 0 Å². The molecule has 32 heavy (non-hydrogen) atoms. The molecule has 0 fully saturated rings. The number of carbonyl (C=O) groups excluding carboxylic acids is 3. The van der Waals surface area contributed by atoms with Gasteiger partial charge in [-0.3, -0.25) is 19.2 Å². The molecule has 0 spiro atoms. The number of para-hydroxylation sites is 1. The molecule has 0 saturated carbocycles. The number of nitrogens with one attached hydrogen (secondary N) is 2. The van der Waals surface area contributed by atoms with Gasteiger partial charge in [0.15, 0.2) is 5.43 Å². The minimum atomic E-state index is -0.362. The Morgan fingerprint density at radius 1 is 1.06 bits per heavy atom. The van der Waals surface area contributed by atoms with Crippen LogP contribution in [0.15, 0.2) is 47.3 Å². The maximum atomic E-state index is 12.8. The number of pyridine rings is 1. The minimum Gasteiger partial charge on any atom is -0.354 e. The lowest BCUT2D eigenvalue weighted by atomic mass is 9.99. The van der Waals surface area contributed by atoms with Gasteiger partial charge in [-0.15, -0.1) is 0 Å². The molecule has 0 atom stereocenters. The van der Waals surface area contributed by atoms with E-state index >= 15 is 0 Å². The summed E-state index contributed by atoms with van der Waals surface area (Å²) in [5.74, 6) is -0.405. The average Bonchev–Trinajstić information content (AvgIpc) is 2.82. The third kappa shape index (κ3) is 6.03. The van der Waals surface area contributed by atoms with Crippen LogP contribution >= 0.6 is 0 Å². The highest BCUT2D eigenvalue weighted by atomic mass is 16.2. The molecule has 0 radical (unpaired) electrons. The van der Waals surface area contributed by atoms with Crippen molar-refractivity contribution in [2.45, 2.75) is 45.1 Å². The lowest BCUT2D eigenvalue weighted by molar-refractivity contribution is -0.121. The second kappa shape index (κ2) is 11.8. The molecule has 1 aromatic carbocycles. The van der Waals surface area contributed by atoms with Crippen molar-refractivity contribution in [3.8, 4) is 0 Å². The molecule has 0 unspecified atom stereocenters. The van der Waals surface area contributed by atoms with Crippen molar-refractivity contribution in [3.63, 3.8) is 0 Å². The van der Waals surface area contributed by atoms with Gasteiger partial charge in [0.05, 0.1) is 5.52 Å². The van der Waals surface area contributed by atoms with E-state index in [2.05, 4.69) is 21.3 Å². The first kappa shape index (κ1) is 23.2. The Bertz CT molecular complexity index is 1100. The van der Waals surface area contributed by atoms with E-state index in [1.165, 1.54) is 0 Å². The molecule has 7 heteroatoms. The molecule has 0 saturated heterocycles. The van der Waals surface area contributed by atoms with Crippen LogP contribution < -0.4 is 16.1 Å². The molecule has 3 rings (SSSR count). The Morgan fingerprint density at radius 3 is 2.72 bits per heavy atom. The van der Waals surface area contributed by atoms with Crippen molar-refractivity contribution in [3.05, 3.63) is 64.0 Å². The predicted octanol–water partition coefficient (Wildman–Crippen LogP) is 2.51. The van der Waals surface area contributed by atoms with Crippen LogP contribution in [-0.4, -0.2) is 35.8 Å². The molecule has 1 aliphatic rings. The fourth-order valence-electron chi connectivity index (χ4n) is 3.98. The van der Waals surface area contributed by atoms with Crippen molar-refractivity contribution in [1.29, 1.82) is 0 Å². The molecule has 0 aliphatic heterocycles. The van der Waals surface area contributed by atoms with E-state index in [1.807, 2.05) is 30.3 Å². The Kier molecular flexibility index (Phi) is 8.54. The maximum absolute atomic E-state index is 12.8. The molecule has 1 heterocycles. The molecule has 2 amide bonds. The molecule has 1 aliphatic carbocycles. The molecule has 7 nitrogen and oxygen atoms in total. The maximum Gasteiger partial charge on any atom is 0.244 e. The topological polar surface area (TPSA) is 97.3 Å². The lowest BCUT2D eigenvalue weighted by Crippen LogP contribution is -2.33. The zero-order valence-corrected chi connectivity index (χ0v) is 18.1. The molecular formula is C25H29N3O4. The van der Waals surface area contributed by atoms with Gasteiger partial charge in [0.2, 0.25) is 11.8 Å². The number of carbonyl (C=O) groups is 3. The van der Waals surface area contributed by atoms with Crippen molar-refractivity contribution < 1.29 is 14.4 Å². The van der Waals surface area contributed by atoms with Crippen LogP contribution in [0.4, 0.5) is 0 Å².